The van der Waals surface area contributed by atoms with Crippen molar-refractivity contribution in [3.05, 3.63) is 84.2 Å². The zero-order valence-corrected chi connectivity index (χ0v) is 14.0. The molecule has 2 heterocycles. The lowest BCUT2D eigenvalue weighted by molar-refractivity contribution is 1.10. The molecule has 0 atom stereocenters. The minimum absolute atomic E-state index is 0.694. The molecule has 0 saturated carbocycles. The fourth-order valence-corrected chi connectivity index (χ4v) is 2.83. The van der Waals surface area contributed by atoms with Gasteiger partial charge in [0.25, 0.3) is 0 Å². The van der Waals surface area contributed by atoms with E-state index in [1.807, 2.05) is 61.5 Å². The molecule has 122 valence electrons. The summed E-state index contributed by atoms with van der Waals surface area (Å²) in [7, 11) is 0. The summed E-state index contributed by atoms with van der Waals surface area (Å²) >= 11 is 0. The third kappa shape index (κ3) is 3.19. The Balaban J connectivity index is 1.78. The lowest BCUT2D eigenvalue weighted by Gasteiger charge is -2.12. The van der Waals surface area contributed by atoms with Gasteiger partial charge in [0.2, 0.25) is 0 Å². The van der Waals surface area contributed by atoms with Crippen LogP contribution in [0.1, 0.15) is 11.3 Å². The number of fused-ring (bicyclic) bond motifs is 1. The van der Waals surface area contributed by atoms with Gasteiger partial charge >= 0.3 is 0 Å². The van der Waals surface area contributed by atoms with E-state index in [0.29, 0.717) is 12.4 Å². The largest absolute Gasteiger partial charge is 0.365 e. The number of hydrogen-bond acceptors (Lipinski definition) is 4. The first-order valence-electron chi connectivity index (χ1n) is 8.28. The van der Waals surface area contributed by atoms with Crippen LogP contribution in [0.3, 0.4) is 0 Å². The highest BCUT2D eigenvalue weighted by Gasteiger charge is 2.11. The Hall–Kier alpha value is -3.27. The molecule has 4 heteroatoms. The van der Waals surface area contributed by atoms with Gasteiger partial charge in [-0.2, -0.15) is 0 Å². The lowest BCUT2D eigenvalue weighted by atomic mass is 10.1. The number of nitrogens with zero attached hydrogens (tertiary/aromatic N) is 3. The van der Waals surface area contributed by atoms with E-state index in [-0.39, 0.29) is 0 Å². The first-order chi connectivity index (χ1) is 12.3. The maximum absolute atomic E-state index is 4.78. The maximum atomic E-state index is 4.78. The number of pyridine rings is 1. The smallest absolute Gasteiger partial charge is 0.163 e. The number of benzene rings is 2. The Bertz CT molecular complexity index is 1010. The Morgan fingerprint density at radius 2 is 1.64 bits per heavy atom. The monoisotopic (exact) mass is 326 g/mol. The van der Waals surface area contributed by atoms with Crippen LogP contribution in [0.5, 0.6) is 0 Å². The van der Waals surface area contributed by atoms with Crippen molar-refractivity contribution in [2.45, 2.75) is 13.5 Å². The minimum Gasteiger partial charge on any atom is -0.365 e. The van der Waals surface area contributed by atoms with Crippen molar-refractivity contribution in [2.75, 3.05) is 5.32 Å². The van der Waals surface area contributed by atoms with Gasteiger partial charge in [-0.3, -0.25) is 4.98 Å². The summed E-state index contributed by atoms with van der Waals surface area (Å²) in [6.45, 7) is 2.69. The van der Waals surface area contributed by atoms with Gasteiger partial charge in [0.15, 0.2) is 5.82 Å². The van der Waals surface area contributed by atoms with Crippen LogP contribution in [-0.4, -0.2) is 15.0 Å². The molecule has 2 aromatic carbocycles. The van der Waals surface area contributed by atoms with Crippen LogP contribution >= 0.6 is 0 Å². The van der Waals surface area contributed by atoms with E-state index in [1.165, 1.54) is 5.56 Å². The second-order valence-corrected chi connectivity index (χ2v) is 5.89. The number of aryl methyl sites for hydroxylation is 1. The highest BCUT2D eigenvalue weighted by Crippen LogP contribution is 2.26. The maximum Gasteiger partial charge on any atom is 0.163 e. The highest BCUT2D eigenvalue weighted by molar-refractivity contribution is 5.90. The molecular weight excluding hydrogens is 308 g/mol. The topological polar surface area (TPSA) is 50.7 Å². The second-order valence-electron chi connectivity index (χ2n) is 5.89. The fraction of sp³-hybridized carbons (Fsp3) is 0.0952. The molecule has 0 amide bonds. The molecule has 0 aliphatic rings. The van der Waals surface area contributed by atoms with Crippen molar-refractivity contribution >= 4 is 16.7 Å². The molecule has 4 nitrogen and oxygen atoms in total. The second kappa shape index (κ2) is 6.69. The van der Waals surface area contributed by atoms with Crippen molar-refractivity contribution in [1.29, 1.82) is 0 Å². The lowest BCUT2D eigenvalue weighted by Crippen LogP contribution is -2.04. The van der Waals surface area contributed by atoms with Gasteiger partial charge in [0.1, 0.15) is 5.82 Å². The van der Waals surface area contributed by atoms with Gasteiger partial charge in [-0.25, -0.2) is 9.97 Å². The number of hydrogen-bond donors (Lipinski definition) is 1. The summed E-state index contributed by atoms with van der Waals surface area (Å²) < 4.78 is 0. The third-order valence-corrected chi connectivity index (χ3v) is 4.15. The molecule has 0 radical (unpaired) electrons. The number of rotatable bonds is 4. The molecule has 25 heavy (non-hydrogen) atoms. The van der Waals surface area contributed by atoms with Gasteiger partial charge in [-0.15, -0.1) is 0 Å². The SMILES string of the molecule is Cc1ncccc1-c1nc(NCc2ccccc2)c2ccccc2n1. The van der Waals surface area contributed by atoms with Crippen LogP contribution in [0, 0.1) is 6.92 Å². The number of aromatic nitrogens is 3. The predicted octanol–water partition coefficient (Wildman–Crippen LogP) is 4.61. The summed E-state index contributed by atoms with van der Waals surface area (Å²) in [6, 6.07) is 22.3. The molecule has 4 rings (SSSR count). The molecule has 0 aliphatic carbocycles. The van der Waals surface area contributed by atoms with Gasteiger partial charge in [-0.1, -0.05) is 42.5 Å². The van der Waals surface area contributed by atoms with Gasteiger partial charge in [-0.05, 0) is 36.8 Å². The van der Waals surface area contributed by atoms with Gasteiger partial charge in [0.05, 0.1) is 5.52 Å². The van der Waals surface area contributed by atoms with E-state index in [0.717, 1.165) is 28.0 Å². The molecule has 0 aliphatic heterocycles. The van der Waals surface area contributed by atoms with E-state index < -0.39 is 0 Å². The standard InChI is InChI=1S/C21H18N4/c1-15-17(11-7-13-22-15)21-24-19-12-6-5-10-18(19)20(25-21)23-14-16-8-3-2-4-9-16/h2-13H,14H2,1H3,(H,23,24,25). The Labute approximate surface area is 146 Å². The van der Waals surface area contributed by atoms with E-state index in [4.69, 9.17) is 9.97 Å². The van der Waals surface area contributed by atoms with Gasteiger partial charge < -0.3 is 5.32 Å². The van der Waals surface area contributed by atoms with Crippen LogP contribution in [0.2, 0.25) is 0 Å². The van der Waals surface area contributed by atoms with Crippen molar-refractivity contribution in [1.82, 2.24) is 15.0 Å². The molecule has 0 unspecified atom stereocenters. The zero-order chi connectivity index (χ0) is 17.1. The van der Waals surface area contributed by atoms with Crippen molar-refractivity contribution in [3.8, 4) is 11.4 Å². The normalized spacial score (nSPS) is 10.8. The number of nitrogens with one attached hydrogen (secondary N) is 1. The van der Waals surface area contributed by atoms with E-state index in [2.05, 4.69) is 22.4 Å². The summed E-state index contributed by atoms with van der Waals surface area (Å²) in [5.41, 5.74) is 4.01. The minimum atomic E-state index is 0.694. The van der Waals surface area contributed by atoms with Crippen LogP contribution < -0.4 is 5.32 Å². The van der Waals surface area contributed by atoms with Crippen LogP contribution in [-0.2, 0) is 6.54 Å². The number of para-hydroxylation sites is 1. The molecular formula is C21H18N4. The van der Waals surface area contributed by atoms with E-state index in [9.17, 15) is 0 Å². The molecule has 2 aromatic heterocycles. The van der Waals surface area contributed by atoms with Crippen molar-refractivity contribution < 1.29 is 0 Å². The third-order valence-electron chi connectivity index (χ3n) is 4.15. The average molecular weight is 326 g/mol. The average Bonchev–Trinajstić information content (AvgIpc) is 2.67. The van der Waals surface area contributed by atoms with Crippen molar-refractivity contribution in [3.63, 3.8) is 0 Å². The van der Waals surface area contributed by atoms with Crippen LogP contribution in [0.15, 0.2) is 72.9 Å². The molecule has 0 bridgehead atoms. The molecule has 4 aromatic rings. The zero-order valence-electron chi connectivity index (χ0n) is 14.0. The van der Waals surface area contributed by atoms with E-state index >= 15 is 0 Å². The Kier molecular flexibility index (Phi) is 4.09. The summed E-state index contributed by atoms with van der Waals surface area (Å²) in [6.07, 6.45) is 1.79. The number of anilines is 1. The summed E-state index contributed by atoms with van der Waals surface area (Å²) in [5, 5.41) is 4.48. The fourth-order valence-electron chi connectivity index (χ4n) is 2.83. The van der Waals surface area contributed by atoms with E-state index in [1.54, 1.807) is 6.20 Å². The first kappa shape index (κ1) is 15.3. The Morgan fingerprint density at radius 3 is 2.48 bits per heavy atom. The van der Waals surface area contributed by atoms with Crippen LogP contribution in [0.25, 0.3) is 22.3 Å². The molecule has 0 saturated heterocycles. The summed E-state index contributed by atoms with van der Waals surface area (Å²) in [5.74, 6) is 1.53. The van der Waals surface area contributed by atoms with Crippen LogP contribution in [0.4, 0.5) is 5.82 Å². The molecule has 0 fully saturated rings. The first-order valence-corrected chi connectivity index (χ1v) is 8.28. The quantitative estimate of drug-likeness (QED) is 0.595. The van der Waals surface area contributed by atoms with Crippen molar-refractivity contribution in [2.24, 2.45) is 0 Å². The van der Waals surface area contributed by atoms with Gasteiger partial charge in [0, 0.05) is 29.4 Å². The molecule has 1 N–H and O–H groups in total. The Morgan fingerprint density at radius 1 is 0.840 bits per heavy atom. The summed E-state index contributed by atoms with van der Waals surface area (Å²) in [4.78, 5) is 13.9. The highest BCUT2D eigenvalue weighted by atomic mass is 15.0. The molecule has 0 spiro atoms. The predicted molar refractivity (Wildman–Crippen MR) is 101 cm³/mol.